The summed E-state index contributed by atoms with van der Waals surface area (Å²) in [6.07, 6.45) is -0.727. The first kappa shape index (κ1) is 12.9. The molecule has 0 aromatic heterocycles. The predicted molar refractivity (Wildman–Crippen MR) is 68.3 cm³/mol. The maximum absolute atomic E-state index is 11.6. The minimum Gasteiger partial charge on any atom is -0.442 e. The fraction of sp³-hybridized carbons (Fsp3) is 0.500. The molecule has 0 aliphatic carbocycles. The molecule has 1 N–H and O–H groups in total. The van der Waals surface area contributed by atoms with Crippen LogP contribution in [-0.4, -0.2) is 35.4 Å². The number of nitrogens with zero attached hydrogens (tertiary/aromatic N) is 1. The number of aliphatic hydroxyl groups excluding tert-OH is 1. The molecule has 0 radical (unpaired) electrons. The standard InChI is InChI=1S/C14H19NO3/c1-10(2)12-5-3-4-11(6-12)7-15-8-13(9-16)18-14(15)17/h3-6,10,13,16H,7-9H2,1-2H3. The fourth-order valence-electron chi connectivity index (χ4n) is 2.07. The largest absolute Gasteiger partial charge is 0.442 e. The highest BCUT2D eigenvalue weighted by Gasteiger charge is 2.30. The van der Waals surface area contributed by atoms with Crippen LogP contribution in [0.4, 0.5) is 4.79 Å². The zero-order chi connectivity index (χ0) is 13.1. The molecule has 1 aromatic rings. The molecule has 1 heterocycles. The van der Waals surface area contributed by atoms with Crippen molar-refractivity contribution in [3.8, 4) is 0 Å². The molecule has 1 atom stereocenters. The molecule has 1 unspecified atom stereocenters. The Balaban J connectivity index is 2.05. The highest BCUT2D eigenvalue weighted by Crippen LogP contribution is 2.19. The van der Waals surface area contributed by atoms with E-state index in [1.807, 2.05) is 12.1 Å². The summed E-state index contributed by atoms with van der Waals surface area (Å²) in [5, 5.41) is 8.98. The smallest absolute Gasteiger partial charge is 0.410 e. The molecule has 18 heavy (non-hydrogen) atoms. The Kier molecular flexibility index (Phi) is 3.87. The van der Waals surface area contributed by atoms with Crippen molar-refractivity contribution in [3.63, 3.8) is 0 Å². The van der Waals surface area contributed by atoms with Crippen LogP contribution in [0.15, 0.2) is 24.3 Å². The van der Waals surface area contributed by atoms with Crippen LogP contribution in [0.1, 0.15) is 30.9 Å². The van der Waals surface area contributed by atoms with E-state index in [1.54, 1.807) is 4.90 Å². The van der Waals surface area contributed by atoms with Crippen molar-refractivity contribution in [2.45, 2.75) is 32.4 Å². The van der Waals surface area contributed by atoms with Gasteiger partial charge in [0.2, 0.25) is 0 Å². The van der Waals surface area contributed by atoms with E-state index in [2.05, 4.69) is 26.0 Å². The second-order valence-electron chi connectivity index (χ2n) is 4.97. The van der Waals surface area contributed by atoms with Gasteiger partial charge in [-0.1, -0.05) is 38.1 Å². The lowest BCUT2D eigenvalue weighted by Crippen LogP contribution is -2.25. The van der Waals surface area contributed by atoms with E-state index in [0.29, 0.717) is 19.0 Å². The summed E-state index contributed by atoms with van der Waals surface area (Å²) in [6.45, 7) is 5.17. The summed E-state index contributed by atoms with van der Waals surface area (Å²) in [5.41, 5.74) is 2.36. The van der Waals surface area contributed by atoms with Crippen LogP contribution in [0.25, 0.3) is 0 Å². The van der Waals surface area contributed by atoms with E-state index in [4.69, 9.17) is 9.84 Å². The van der Waals surface area contributed by atoms with Crippen LogP contribution < -0.4 is 0 Å². The first-order valence-electron chi connectivity index (χ1n) is 6.25. The van der Waals surface area contributed by atoms with Crippen molar-refractivity contribution in [2.24, 2.45) is 0 Å². The summed E-state index contributed by atoms with van der Waals surface area (Å²) < 4.78 is 5.01. The molecule has 1 fully saturated rings. The quantitative estimate of drug-likeness (QED) is 0.889. The van der Waals surface area contributed by atoms with Gasteiger partial charge in [0.25, 0.3) is 0 Å². The lowest BCUT2D eigenvalue weighted by Gasteiger charge is -2.14. The topological polar surface area (TPSA) is 49.8 Å². The molecule has 2 rings (SSSR count). The third-order valence-electron chi connectivity index (χ3n) is 3.14. The Morgan fingerprint density at radius 2 is 2.28 bits per heavy atom. The SMILES string of the molecule is CC(C)c1cccc(CN2CC(CO)OC2=O)c1. The highest BCUT2D eigenvalue weighted by atomic mass is 16.6. The van der Waals surface area contributed by atoms with Crippen LogP contribution in [0.5, 0.6) is 0 Å². The Morgan fingerprint density at radius 3 is 2.89 bits per heavy atom. The molecular formula is C14H19NO3. The van der Waals surface area contributed by atoms with Crippen LogP contribution >= 0.6 is 0 Å². The lowest BCUT2D eigenvalue weighted by molar-refractivity contribution is 0.0947. The number of hydrogen-bond donors (Lipinski definition) is 1. The predicted octanol–water partition coefficient (Wildman–Crippen LogP) is 2.12. The average Bonchev–Trinajstić information content (AvgIpc) is 2.70. The van der Waals surface area contributed by atoms with Crippen molar-refractivity contribution in [1.29, 1.82) is 0 Å². The minimum absolute atomic E-state index is 0.117. The van der Waals surface area contributed by atoms with Gasteiger partial charge in [0, 0.05) is 6.54 Å². The number of aliphatic hydroxyl groups is 1. The second-order valence-corrected chi connectivity index (χ2v) is 4.97. The van der Waals surface area contributed by atoms with Crippen molar-refractivity contribution < 1.29 is 14.6 Å². The molecule has 1 aliphatic rings. The molecule has 4 nitrogen and oxygen atoms in total. The fourth-order valence-corrected chi connectivity index (χ4v) is 2.07. The van der Waals surface area contributed by atoms with E-state index in [9.17, 15) is 4.79 Å². The molecule has 1 saturated heterocycles. The molecule has 1 aromatic carbocycles. The molecule has 4 heteroatoms. The number of ether oxygens (including phenoxy) is 1. The van der Waals surface area contributed by atoms with E-state index >= 15 is 0 Å². The van der Waals surface area contributed by atoms with E-state index in [0.717, 1.165) is 5.56 Å². The molecule has 0 spiro atoms. The van der Waals surface area contributed by atoms with Crippen LogP contribution in [0, 0.1) is 0 Å². The van der Waals surface area contributed by atoms with Crippen LogP contribution in [-0.2, 0) is 11.3 Å². The normalized spacial score (nSPS) is 19.4. The number of hydrogen-bond acceptors (Lipinski definition) is 3. The number of amides is 1. The van der Waals surface area contributed by atoms with Gasteiger partial charge in [-0.2, -0.15) is 0 Å². The number of benzene rings is 1. The van der Waals surface area contributed by atoms with Gasteiger partial charge in [-0.25, -0.2) is 4.79 Å². The first-order chi connectivity index (χ1) is 8.60. The van der Waals surface area contributed by atoms with E-state index in [-0.39, 0.29) is 18.8 Å². The minimum atomic E-state index is -0.384. The maximum Gasteiger partial charge on any atom is 0.410 e. The summed E-state index contributed by atoms with van der Waals surface area (Å²) in [6, 6.07) is 8.22. The van der Waals surface area contributed by atoms with Gasteiger partial charge in [-0.15, -0.1) is 0 Å². The van der Waals surface area contributed by atoms with Crippen molar-refractivity contribution in [3.05, 3.63) is 35.4 Å². The Hall–Kier alpha value is -1.55. The van der Waals surface area contributed by atoms with Gasteiger partial charge >= 0.3 is 6.09 Å². The van der Waals surface area contributed by atoms with Crippen LogP contribution in [0.3, 0.4) is 0 Å². The molecule has 0 bridgehead atoms. The van der Waals surface area contributed by atoms with E-state index < -0.39 is 0 Å². The summed E-state index contributed by atoms with van der Waals surface area (Å²) in [5.74, 6) is 0.473. The molecular weight excluding hydrogens is 230 g/mol. The second kappa shape index (κ2) is 5.40. The summed E-state index contributed by atoms with van der Waals surface area (Å²) in [4.78, 5) is 13.2. The van der Waals surface area contributed by atoms with E-state index in [1.165, 1.54) is 5.56 Å². The average molecular weight is 249 g/mol. The van der Waals surface area contributed by atoms with Crippen molar-refractivity contribution >= 4 is 6.09 Å². The third kappa shape index (κ3) is 2.82. The Labute approximate surface area is 107 Å². The highest BCUT2D eigenvalue weighted by molar-refractivity contribution is 5.69. The lowest BCUT2D eigenvalue weighted by atomic mass is 10.0. The van der Waals surface area contributed by atoms with Gasteiger partial charge in [0.1, 0.15) is 6.10 Å². The van der Waals surface area contributed by atoms with Crippen LogP contribution in [0.2, 0.25) is 0 Å². The molecule has 0 saturated carbocycles. The van der Waals surface area contributed by atoms with Gasteiger partial charge in [0.05, 0.1) is 13.2 Å². The molecule has 1 amide bonds. The monoisotopic (exact) mass is 249 g/mol. The van der Waals surface area contributed by atoms with Gasteiger partial charge < -0.3 is 14.7 Å². The summed E-state index contributed by atoms with van der Waals surface area (Å²) in [7, 11) is 0. The summed E-state index contributed by atoms with van der Waals surface area (Å²) >= 11 is 0. The number of carbonyl (C=O) groups is 1. The van der Waals surface area contributed by atoms with Gasteiger partial charge in [-0.05, 0) is 17.0 Å². The first-order valence-corrected chi connectivity index (χ1v) is 6.25. The molecule has 1 aliphatic heterocycles. The van der Waals surface area contributed by atoms with Gasteiger partial charge in [-0.3, -0.25) is 0 Å². The maximum atomic E-state index is 11.6. The zero-order valence-electron chi connectivity index (χ0n) is 10.8. The number of carbonyl (C=O) groups excluding carboxylic acids is 1. The zero-order valence-corrected chi connectivity index (χ0v) is 10.8. The Bertz CT molecular complexity index is 431. The number of rotatable bonds is 4. The third-order valence-corrected chi connectivity index (χ3v) is 3.14. The van der Waals surface area contributed by atoms with Gasteiger partial charge in [0.15, 0.2) is 0 Å². The molecule has 98 valence electrons. The Morgan fingerprint density at radius 1 is 1.50 bits per heavy atom. The van der Waals surface area contributed by atoms with Crippen molar-refractivity contribution in [2.75, 3.05) is 13.2 Å². The number of cyclic esters (lactones) is 1. The van der Waals surface area contributed by atoms with Crippen molar-refractivity contribution in [1.82, 2.24) is 4.90 Å².